The van der Waals surface area contributed by atoms with Crippen molar-refractivity contribution in [3.05, 3.63) is 21.9 Å². The molecule has 2 atom stereocenters. The largest absolute Gasteiger partial charge is 0.381 e. The van der Waals surface area contributed by atoms with E-state index in [1.807, 2.05) is 11.3 Å². The van der Waals surface area contributed by atoms with E-state index in [0.717, 1.165) is 26.2 Å². The zero-order chi connectivity index (χ0) is 13.5. The minimum absolute atomic E-state index is 0.587. The minimum atomic E-state index is 0.587. The van der Waals surface area contributed by atoms with Crippen LogP contribution in [0.3, 0.4) is 0 Å². The Balaban J connectivity index is 1.95. The Labute approximate surface area is 121 Å². The molecule has 2 heterocycles. The third-order valence-corrected chi connectivity index (χ3v) is 5.16. The van der Waals surface area contributed by atoms with Crippen LogP contribution in [-0.4, -0.2) is 25.8 Å². The van der Waals surface area contributed by atoms with Gasteiger partial charge in [-0.2, -0.15) is 0 Å². The van der Waals surface area contributed by atoms with Gasteiger partial charge in [-0.05, 0) is 56.7 Å². The van der Waals surface area contributed by atoms with Gasteiger partial charge in [0.1, 0.15) is 0 Å². The van der Waals surface area contributed by atoms with Crippen molar-refractivity contribution in [2.45, 2.75) is 52.0 Å². The van der Waals surface area contributed by atoms with Crippen molar-refractivity contribution in [1.29, 1.82) is 0 Å². The SMILES string of the molecule is CCCNC(Cc1ccc(CC)s1)C1CCCOC1. The zero-order valence-electron chi connectivity index (χ0n) is 12.3. The molecule has 0 aliphatic carbocycles. The Kier molecular flexibility index (Phi) is 6.35. The maximum Gasteiger partial charge on any atom is 0.0509 e. The van der Waals surface area contributed by atoms with E-state index in [4.69, 9.17) is 4.74 Å². The fraction of sp³-hybridized carbons (Fsp3) is 0.750. The van der Waals surface area contributed by atoms with Crippen molar-refractivity contribution in [3.8, 4) is 0 Å². The molecule has 2 nitrogen and oxygen atoms in total. The quantitative estimate of drug-likeness (QED) is 0.824. The summed E-state index contributed by atoms with van der Waals surface area (Å²) in [6.45, 7) is 7.48. The highest BCUT2D eigenvalue weighted by molar-refractivity contribution is 7.11. The zero-order valence-corrected chi connectivity index (χ0v) is 13.1. The lowest BCUT2D eigenvalue weighted by Gasteiger charge is -2.31. The Morgan fingerprint density at radius 2 is 2.21 bits per heavy atom. The normalized spacial score (nSPS) is 21.5. The van der Waals surface area contributed by atoms with Gasteiger partial charge < -0.3 is 10.1 Å². The summed E-state index contributed by atoms with van der Waals surface area (Å²) in [6, 6.07) is 5.19. The first-order valence-electron chi connectivity index (χ1n) is 7.72. The molecule has 3 heteroatoms. The van der Waals surface area contributed by atoms with Crippen LogP contribution in [0.15, 0.2) is 12.1 Å². The van der Waals surface area contributed by atoms with Gasteiger partial charge in [0.2, 0.25) is 0 Å². The summed E-state index contributed by atoms with van der Waals surface area (Å²) >= 11 is 1.98. The third-order valence-electron chi connectivity index (χ3n) is 3.91. The number of hydrogen-bond acceptors (Lipinski definition) is 3. The van der Waals surface area contributed by atoms with Crippen molar-refractivity contribution < 1.29 is 4.74 Å². The molecule has 1 fully saturated rings. The predicted molar refractivity (Wildman–Crippen MR) is 83.0 cm³/mol. The smallest absolute Gasteiger partial charge is 0.0509 e. The molecular weight excluding hydrogens is 254 g/mol. The molecule has 1 aliphatic heterocycles. The van der Waals surface area contributed by atoms with Gasteiger partial charge in [-0.3, -0.25) is 0 Å². The van der Waals surface area contributed by atoms with Crippen molar-refractivity contribution in [2.75, 3.05) is 19.8 Å². The number of thiophene rings is 1. The second kappa shape index (κ2) is 8.03. The molecule has 19 heavy (non-hydrogen) atoms. The molecule has 0 aromatic carbocycles. The van der Waals surface area contributed by atoms with E-state index in [1.54, 1.807) is 0 Å². The molecule has 0 radical (unpaired) electrons. The summed E-state index contributed by atoms with van der Waals surface area (Å²) in [6.07, 6.45) is 6.06. The predicted octanol–water partition coefficient (Wildman–Crippen LogP) is 3.65. The molecular formula is C16H27NOS. The van der Waals surface area contributed by atoms with Crippen LogP contribution in [0.25, 0.3) is 0 Å². The Hall–Kier alpha value is -0.380. The summed E-state index contributed by atoms with van der Waals surface area (Å²) in [5.41, 5.74) is 0. The Bertz CT molecular complexity index is 357. The Morgan fingerprint density at radius 1 is 1.37 bits per heavy atom. The summed E-state index contributed by atoms with van der Waals surface area (Å²) < 4.78 is 5.67. The molecule has 2 rings (SSSR count). The minimum Gasteiger partial charge on any atom is -0.381 e. The van der Waals surface area contributed by atoms with Crippen LogP contribution in [0.5, 0.6) is 0 Å². The number of nitrogens with one attached hydrogen (secondary N) is 1. The van der Waals surface area contributed by atoms with Crippen molar-refractivity contribution in [2.24, 2.45) is 5.92 Å². The van der Waals surface area contributed by atoms with Crippen molar-refractivity contribution in [1.82, 2.24) is 5.32 Å². The molecule has 1 aliphatic rings. The summed E-state index contributed by atoms with van der Waals surface area (Å²) in [5, 5.41) is 3.74. The lowest BCUT2D eigenvalue weighted by Crippen LogP contribution is -2.42. The van der Waals surface area contributed by atoms with E-state index < -0.39 is 0 Å². The van der Waals surface area contributed by atoms with Crippen LogP contribution in [-0.2, 0) is 17.6 Å². The highest BCUT2D eigenvalue weighted by Crippen LogP contribution is 2.24. The number of hydrogen-bond donors (Lipinski definition) is 1. The fourth-order valence-corrected chi connectivity index (χ4v) is 3.77. The molecule has 108 valence electrons. The van der Waals surface area contributed by atoms with Crippen LogP contribution in [0.1, 0.15) is 42.9 Å². The average molecular weight is 281 g/mol. The molecule has 1 N–H and O–H groups in total. The van der Waals surface area contributed by atoms with Gasteiger partial charge in [-0.25, -0.2) is 0 Å². The summed E-state index contributed by atoms with van der Waals surface area (Å²) in [4.78, 5) is 3.03. The second-order valence-electron chi connectivity index (χ2n) is 5.46. The first kappa shape index (κ1) is 15.0. The Morgan fingerprint density at radius 3 is 2.84 bits per heavy atom. The standard InChI is InChI=1S/C16H27NOS/c1-3-9-17-16(13-6-5-10-18-12-13)11-15-8-7-14(4-2)19-15/h7-8,13,16-17H,3-6,9-12H2,1-2H3. The summed E-state index contributed by atoms with van der Waals surface area (Å²) in [7, 11) is 0. The monoisotopic (exact) mass is 281 g/mol. The van der Waals surface area contributed by atoms with E-state index in [1.165, 1.54) is 35.4 Å². The van der Waals surface area contributed by atoms with Gasteiger partial charge in [0, 0.05) is 22.4 Å². The lowest BCUT2D eigenvalue weighted by molar-refractivity contribution is 0.0394. The summed E-state index contributed by atoms with van der Waals surface area (Å²) in [5.74, 6) is 0.687. The van der Waals surface area contributed by atoms with E-state index in [2.05, 4.69) is 31.3 Å². The van der Waals surface area contributed by atoms with Gasteiger partial charge in [0.25, 0.3) is 0 Å². The van der Waals surface area contributed by atoms with E-state index in [-0.39, 0.29) is 0 Å². The fourth-order valence-electron chi connectivity index (χ4n) is 2.76. The van der Waals surface area contributed by atoms with Crippen LogP contribution in [0.4, 0.5) is 0 Å². The molecule has 2 unspecified atom stereocenters. The highest BCUT2D eigenvalue weighted by Gasteiger charge is 2.24. The van der Waals surface area contributed by atoms with Crippen LogP contribution >= 0.6 is 11.3 Å². The average Bonchev–Trinajstić information content (AvgIpc) is 2.92. The van der Waals surface area contributed by atoms with E-state index in [9.17, 15) is 0 Å². The number of aryl methyl sites for hydroxylation is 1. The number of rotatable bonds is 7. The molecule has 1 saturated heterocycles. The first-order valence-corrected chi connectivity index (χ1v) is 8.53. The van der Waals surface area contributed by atoms with Gasteiger partial charge in [0.15, 0.2) is 0 Å². The highest BCUT2D eigenvalue weighted by atomic mass is 32.1. The van der Waals surface area contributed by atoms with Crippen molar-refractivity contribution in [3.63, 3.8) is 0 Å². The van der Waals surface area contributed by atoms with Gasteiger partial charge >= 0.3 is 0 Å². The maximum atomic E-state index is 5.67. The lowest BCUT2D eigenvalue weighted by atomic mass is 9.91. The van der Waals surface area contributed by atoms with Gasteiger partial charge in [-0.15, -0.1) is 11.3 Å². The van der Waals surface area contributed by atoms with Crippen LogP contribution < -0.4 is 5.32 Å². The third kappa shape index (κ3) is 4.59. The molecule has 1 aromatic heterocycles. The topological polar surface area (TPSA) is 21.3 Å². The van der Waals surface area contributed by atoms with Gasteiger partial charge in [-0.1, -0.05) is 13.8 Å². The van der Waals surface area contributed by atoms with Crippen LogP contribution in [0, 0.1) is 5.92 Å². The molecule has 0 saturated carbocycles. The van der Waals surface area contributed by atoms with Crippen LogP contribution in [0.2, 0.25) is 0 Å². The second-order valence-corrected chi connectivity index (χ2v) is 6.72. The number of ether oxygens (including phenoxy) is 1. The van der Waals surface area contributed by atoms with Crippen molar-refractivity contribution >= 4 is 11.3 Å². The maximum absolute atomic E-state index is 5.67. The molecule has 0 bridgehead atoms. The van der Waals surface area contributed by atoms with Gasteiger partial charge in [0.05, 0.1) is 6.61 Å². The van der Waals surface area contributed by atoms with E-state index >= 15 is 0 Å². The molecule has 0 spiro atoms. The molecule has 0 amide bonds. The molecule has 1 aromatic rings. The van der Waals surface area contributed by atoms with E-state index in [0.29, 0.717) is 12.0 Å². The first-order chi connectivity index (χ1) is 9.33.